The van der Waals surface area contributed by atoms with E-state index in [2.05, 4.69) is 10.3 Å². The lowest BCUT2D eigenvalue weighted by atomic mass is 10.2. The van der Waals surface area contributed by atoms with E-state index in [0.717, 1.165) is 18.4 Å². The molecule has 1 aromatic heterocycles. The molecular formula is C11H14N2O2. The first kappa shape index (κ1) is 10.1. The predicted octanol–water partition coefficient (Wildman–Crippen LogP) is 0.265. The van der Waals surface area contributed by atoms with Gasteiger partial charge in [0.15, 0.2) is 0 Å². The van der Waals surface area contributed by atoms with E-state index in [1.54, 1.807) is 12.4 Å². The summed E-state index contributed by atoms with van der Waals surface area (Å²) in [6.07, 6.45) is 5.44. The summed E-state index contributed by atoms with van der Waals surface area (Å²) in [6, 6.07) is 3.67. The second-order valence-electron chi connectivity index (χ2n) is 4.02. The fourth-order valence-electron chi connectivity index (χ4n) is 1.50. The third kappa shape index (κ3) is 2.53. The van der Waals surface area contributed by atoms with Gasteiger partial charge >= 0.3 is 0 Å². The van der Waals surface area contributed by atoms with Crippen LogP contribution in [0.25, 0.3) is 0 Å². The van der Waals surface area contributed by atoms with Crippen LogP contribution in [0.2, 0.25) is 0 Å². The van der Waals surface area contributed by atoms with Crippen LogP contribution >= 0.6 is 0 Å². The van der Waals surface area contributed by atoms with Gasteiger partial charge in [-0.1, -0.05) is 6.07 Å². The molecule has 0 spiro atoms. The maximum Gasteiger partial charge on any atom is 0.224 e. The molecule has 0 radical (unpaired) electrons. The van der Waals surface area contributed by atoms with E-state index in [9.17, 15) is 4.79 Å². The highest BCUT2D eigenvalue weighted by Gasteiger charge is 2.43. The zero-order chi connectivity index (χ0) is 10.7. The van der Waals surface area contributed by atoms with Gasteiger partial charge in [-0.05, 0) is 24.5 Å². The standard InChI is InChI=1S/C11H14N2O2/c14-8-11(3-4-11)13-10(15)6-9-2-1-5-12-7-9/h1-2,5,7,14H,3-4,6,8H2,(H,13,15). The summed E-state index contributed by atoms with van der Waals surface area (Å²) < 4.78 is 0. The summed E-state index contributed by atoms with van der Waals surface area (Å²) in [4.78, 5) is 15.5. The molecule has 1 heterocycles. The first-order chi connectivity index (χ1) is 7.24. The number of hydrogen-bond donors (Lipinski definition) is 2. The van der Waals surface area contributed by atoms with Crippen LogP contribution in [0.5, 0.6) is 0 Å². The van der Waals surface area contributed by atoms with Crippen LogP contribution in [0.4, 0.5) is 0 Å². The molecule has 0 aromatic carbocycles. The fourth-order valence-corrected chi connectivity index (χ4v) is 1.50. The van der Waals surface area contributed by atoms with Gasteiger partial charge in [0.05, 0.1) is 18.6 Å². The van der Waals surface area contributed by atoms with Crippen LogP contribution in [-0.4, -0.2) is 28.1 Å². The van der Waals surface area contributed by atoms with Crippen molar-refractivity contribution in [3.63, 3.8) is 0 Å². The Hall–Kier alpha value is -1.42. The Bertz CT molecular complexity index is 347. The highest BCUT2D eigenvalue weighted by atomic mass is 16.3. The maximum absolute atomic E-state index is 11.6. The van der Waals surface area contributed by atoms with E-state index in [1.807, 2.05) is 12.1 Å². The summed E-state index contributed by atoms with van der Waals surface area (Å²) in [6.45, 7) is 0.0335. The smallest absolute Gasteiger partial charge is 0.224 e. The van der Waals surface area contributed by atoms with Gasteiger partial charge in [-0.25, -0.2) is 0 Å². The number of aliphatic hydroxyl groups is 1. The molecule has 1 fully saturated rings. The van der Waals surface area contributed by atoms with Gasteiger partial charge in [0, 0.05) is 12.4 Å². The minimum absolute atomic E-state index is 0.0335. The van der Waals surface area contributed by atoms with Crippen LogP contribution < -0.4 is 5.32 Å². The van der Waals surface area contributed by atoms with Crippen molar-refractivity contribution in [2.75, 3.05) is 6.61 Å². The van der Waals surface area contributed by atoms with Crippen molar-refractivity contribution in [2.24, 2.45) is 0 Å². The van der Waals surface area contributed by atoms with E-state index in [-0.39, 0.29) is 18.1 Å². The van der Waals surface area contributed by atoms with Gasteiger partial charge in [0.2, 0.25) is 5.91 Å². The van der Waals surface area contributed by atoms with Crippen molar-refractivity contribution < 1.29 is 9.90 Å². The van der Waals surface area contributed by atoms with Gasteiger partial charge in [-0.2, -0.15) is 0 Å². The van der Waals surface area contributed by atoms with E-state index in [4.69, 9.17) is 5.11 Å². The van der Waals surface area contributed by atoms with E-state index >= 15 is 0 Å². The third-order valence-electron chi connectivity index (χ3n) is 2.65. The lowest BCUT2D eigenvalue weighted by molar-refractivity contribution is -0.121. The molecule has 0 bridgehead atoms. The molecule has 15 heavy (non-hydrogen) atoms. The van der Waals surface area contributed by atoms with Crippen LogP contribution in [0.3, 0.4) is 0 Å². The number of carbonyl (C=O) groups is 1. The number of amides is 1. The van der Waals surface area contributed by atoms with Crippen molar-refractivity contribution >= 4 is 5.91 Å². The number of aromatic nitrogens is 1. The summed E-state index contributed by atoms with van der Waals surface area (Å²) in [7, 11) is 0. The monoisotopic (exact) mass is 206 g/mol. The molecule has 1 saturated carbocycles. The first-order valence-electron chi connectivity index (χ1n) is 5.05. The highest BCUT2D eigenvalue weighted by molar-refractivity contribution is 5.79. The Morgan fingerprint density at radius 1 is 1.60 bits per heavy atom. The van der Waals surface area contributed by atoms with Crippen molar-refractivity contribution in [1.82, 2.24) is 10.3 Å². The molecule has 1 aliphatic carbocycles. The lowest BCUT2D eigenvalue weighted by Crippen LogP contribution is -2.40. The fraction of sp³-hybridized carbons (Fsp3) is 0.455. The van der Waals surface area contributed by atoms with Crippen molar-refractivity contribution in [3.8, 4) is 0 Å². The Balaban J connectivity index is 1.88. The number of carbonyl (C=O) groups excluding carboxylic acids is 1. The second-order valence-corrected chi connectivity index (χ2v) is 4.02. The van der Waals surface area contributed by atoms with Gasteiger partial charge in [0.25, 0.3) is 0 Å². The lowest BCUT2D eigenvalue weighted by Gasteiger charge is -2.13. The zero-order valence-corrected chi connectivity index (χ0v) is 8.44. The third-order valence-corrected chi connectivity index (χ3v) is 2.65. The molecule has 2 rings (SSSR count). The SMILES string of the molecule is O=C(Cc1cccnc1)NC1(CO)CC1. The number of hydrogen-bond acceptors (Lipinski definition) is 3. The zero-order valence-electron chi connectivity index (χ0n) is 8.44. The molecule has 0 saturated heterocycles. The van der Waals surface area contributed by atoms with Gasteiger partial charge < -0.3 is 10.4 Å². The van der Waals surface area contributed by atoms with E-state index in [0.29, 0.717) is 6.42 Å². The van der Waals surface area contributed by atoms with Gasteiger partial charge in [0.1, 0.15) is 0 Å². The molecule has 4 heteroatoms. The first-order valence-corrected chi connectivity index (χ1v) is 5.05. The summed E-state index contributed by atoms with van der Waals surface area (Å²) in [5.74, 6) is -0.0467. The highest BCUT2D eigenvalue weighted by Crippen LogP contribution is 2.34. The Morgan fingerprint density at radius 2 is 2.40 bits per heavy atom. The van der Waals surface area contributed by atoms with Crippen molar-refractivity contribution in [1.29, 1.82) is 0 Å². The normalized spacial score (nSPS) is 17.1. The molecule has 80 valence electrons. The molecule has 4 nitrogen and oxygen atoms in total. The minimum atomic E-state index is -0.320. The molecule has 0 atom stereocenters. The summed E-state index contributed by atoms with van der Waals surface area (Å²) in [5.41, 5.74) is 0.572. The van der Waals surface area contributed by atoms with Crippen LogP contribution in [0.1, 0.15) is 18.4 Å². The quantitative estimate of drug-likeness (QED) is 0.743. The van der Waals surface area contributed by atoms with E-state index < -0.39 is 0 Å². The summed E-state index contributed by atoms with van der Waals surface area (Å²) >= 11 is 0. The molecule has 1 aromatic rings. The Labute approximate surface area is 88.3 Å². The average molecular weight is 206 g/mol. The predicted molar refractivity (Wildman–Crippen MR) is 55.1 cm³/mol. The number of pyridine rings is 1. The number of aliphatic hydroxyl groups excluding tert-OH is 1. The molecular weight excluding hydrogens is 192 g/mol. The van der Waals surface area contributed by atoms with Gasteiger partial charge in [-0.15, -0.1) is 0 Å². The van der Waals surface area contributed by atoms with Crippen LogP contribution in [0, 0.1) is 0 Å². The number of rotatable bonds is 4. The molecule has 0 unspecified atom stereocenters. The van der Waals surface area contributed by atoms with Crippen molar-refractivity contribution in [2.45, 2.75) is 24.8 Å². The largest absolute Gasteiger partial charge is 0.394 e. The molecule has 1 amide bonds. The number of nitrogens with zero attached hydrogens (tertiary/aromatic N) is 1. The van der Waals surface area contributed by atoms with Crippen LogP contribution in [0.15, 0.2) is 24.5 Å². The number of nitrogens with one attached hydrogen (secondary N) is 1. The Kier molecular flexibility index (Phi) is 2.68. The van der Waals surface area contributed by atoms with Gasteiger partial charge in [-0.3, -0.25) is 9.78 Å². The molecule has 1 aliphatic rings. The molecule has 0 aliphatic heterocycles. The summed E-state index contributed by atoms with van der Waals surface area (Å²) in [5, 5.41) is 11.9. The Morgan fingerprint density at radius 3 is 2.93 bits per heavy atom. The second kappa shape index (κ2) is 3.98. The molecule has 2 N–H and O–H groups in total. The van der Waals surface area contributed by atoms with Crippen molar-refractivity contribution in [3.05, 3.63) is 30.1 Å². The minimum Gasteiger partial charge on any atom is -0.394 e. The maximum atomic E-state index is 11.6. The average Bonchev–Trinajstić information content (AvgIpc) is 3.00. The van der Waals surface area contributed by atoms with E-state index in [1.165, 1.54) is 0 Å². The van der Waals surface area contributed by atoms with Crippen LogP contribution in [-0.2, 0) is 11.2 Å². The topological polar surface area (TPSA) is 62.2 Å².